The molecule has 18 heavy (non-hydrogen) atoms. The molecular weight excluding hydrogens is 301 g/mol. The van der Waals surface area contributed by atoms with E-state index in [9.17, 15) is 9.18 Å². The molecule has 0 bridgehead atoms. The molecule has 0 unspecified atom stereocenters. The second kappa shape index (κ2) is 5.77. The fourth-order valence-electron chi connectivity index (χ4n) is 1.76. The van der Waals surface area contributed by atoms with E-state index in [0.717, 1.165) is 26.2 Å². The molecule has 1 heterocycles. The first-order valence-electron chi connectivity index (χ1n) is 5.76. The highest BCUT2D eigenvalue weighted by atomic mass is 79.9. The van der Waals surface area contributed by atoms with Crippen molar-refractivity contribution in [3.05, 3.63) is 34.1 Å². The van der Waals surface area contributed by atoms with E-state index in [-0.39, 0.29) is 11.7 Å². The molecule has 0 aliphatic carbocycles. The molecule has 1 N–H and O–H groups in total. The number of nitrogens with zero attached hydrogens (tertiary/aromatic N) is 2. The van der Waals surface area contributed by atoms with Gasteiger partial charge in [-0.15, -0.1) is 0 Å². The number of rotatable bonds is 2. The first-order chi connectivity index (χ1) is 8.56. The van der Waals surface area contributed by atoms with Gasteiger partial charge in [0, 0.05) is 31.7 Å². The van der Waals surface area contributed by atoms with Crippen LogP contribution < -0.4 is 5.43 Å². The topological polar surface area (TPSA) is 35.6 Å². The van der Waals surface area contributed by atoms with Gasteiger partial charge in [-0.25, -0.2) is 9.40 Å². The van der Waals surface area contributed by atoms with Gasteiger partial charge in [0.1, 0.15) is 5.82 Å². The number of piperazine rings is 1. The molecule has 0 saturated carbocycles. The molecule has 1 saturated heterocycles. The maximum atomic E-state index is 13.1. The Morgan fingerprint density at radius 3 is 2.61 bits per heavy atom. The third-order valence-electron chi connectivity index (χ3n) is 2.94. The molecule has 1 amide bonds. The van der Waals surface area contributed by atoms with Crippen LogP contribution in [0, 0.1) is 5.82 Å². The number of hydrazine groups is 1. The Morgan fingerprint density at radius 1 is 1.33 bits per heavy atom. The van der Waals surface area contributed by atoms with Crippen molar-refractivity contribution in [2.24, 2.45) is 0 Å². The zero-order chi connectivity index (χ0) is 13.1. The van der Waals surface area contributed by atoms with Crippen LogP contribution in [-0.2, 0) is 0 Å². The predicted octanol–water partition coefficient (Wildman–Crippen LogP) is 1.48. The number of nitrogens with one attached hydrogen (secondary N) is 1. The van der Waals surface area contributed by atoms with E-state index in [4.69, 9.17) is 0 Å². The van der Waals surface area contributed by atoms with Crippen molar-refractivity contribution in [2.45, 2.75) is 0 Å². The summed E-state index contributed by atoms with van der Waals surface area (Å²) in [6, 6.07) is 4.25. The van der Waals surface area contributed by atoms with Gasteiger partial charge in [-0.1, -0.05) is 0 Å². The molecule has 0 aromatic heterocycles. The van der Waals surface area contributed by atoms with E-state index in [2.05, 4.69) is 33.3 Å². The number of likely N-dealkylation sites (N-methyl/N-ethyl adjacent to an activating group) is 1. The maximum Gasteiger partial charge on any atom is 0.265 e. The number of benzene rings is 1. The molecule has 0 spiro atoms. The number of amides is 1. The van der Waals surface area contributed by atoms with E-state index in [1.165, 1.54) is 18.2 Å². The Hall–Kier alpha value is -0.980. The number of hydrogen-bond donors (Lipinski definition) is 1. The van der Waals surface area contributed by atoms with Crippen molar-refractivity contribution in [3.63, 3.8) is 0 Å². The maximum absolute atomic E-state index is 13.1. The molecule has 1 aliphatic rings. The molecule has 98 valence electrons. The highest BCUT2D eigenvalue weighted by molar-refractivity contribution is 9.10. The van der Waals surface area contributed by atoms with Crippen molar-refractivity contribution in [2.75, 3.05) is 33.2 Å². The Labute approximate surface area is 114 Å². The van der Waals surface area contributed by atoms with E-state index >= 15 is 0 Å². The van der Waals surface area contributed by atoms with Gasteiger partial charge in [-0.2, -0.15) is 0 Å². The van der Waals surface area contributed by atoms with Crippen LogP contribution in [0.25, 0.3) is 0 Å². The van der Waals surface area contributed by atoms with Crippen LogP contribution in [0.4, 0.5) is 4.39 Å². The molecule has 2 rings (SSSR count). The number of carbonyl (C=O) groups is 1. The third kappa shape index (κ3) is 3.28. The van der Waals surface area contributed by atoms with Crippen molar-refractivity contribution in [3.8, 4) is 0 Å². The number of hydrogen-bond acceptors (Lipinski definition) is 3. The van der Waals surface area contributed by atoms with Gasteiger partial charge in [0.15, 0.2) is 0 Å². The number of carbonyl (C=O) groups excluding carboxylic acids is 1. The average Bonchev–Trinajstić information content (AvgIpc) is 2.35. The van der Waals surface area contributed by atoms with Gasteiger partial charge in [-0.05, 0) is 41.2 Å². The quantitative estimate of drug-likeness (QED) is 0.898. The summed E-state index contributed by atoms with van der Waals surface area (Å²) in [5, 5.41) is 1.89. The monoisotopic (exact) mass is 315 g/mol. The normalized spacial score (nSPS) is 17.7. The summed E-state index contributed by atoms with van der Waals surface area (Å²) in [5.74, 6) is -0.577. The SMILES string of the molecule is CN1CCN(NC(=O)c2ccc(F)c(Br)c2)CC1. The first-order valence-corrected chi connectivity index (χ1v) is 6.55. The van der Waals surface area contributed by atoms with Gasteiger partial charge < -0.3 is 4.90 Å². The zero-order valence-corrected chi connectivity index (χ0v) is 11.7. The van der Waals surface area contributed by atoms with Crippen molar-refractivity contribution in [1.29, 1.82) is 0 Å². The highest BCUT2D eigenvalue weighted by Crippen LogP contribution is 2.16. The lowest BCUT2D eigenvalue weighted by molar-refractivity contribution is 0.0662. The van der Waals surface area contributed by atoms with Crippen molar-refractivity contribution < 1.29 is 9.18 Å². The van der Waals surface area contributed by atoms with Gasteiger partial charge >= 0.3 is 0 Å². The molecule has 1 aromatic carbocycles. The van der Waals surface area contributed by atoms with Crippen molar-refractivity contribution >= 4 is 21.8 Å². The molecular formula is C12H15BrFN3O. The minimum Gasteiger partial charge on any atom is -0.304 e. The second-order valence-corrected chi connectivity index (χ2v) is 5.21. The van der Waals surface area contributed by atoms with E-state index in [1.807, 2.05) is 5.01 Å². The lowest BCUT2D eigenvalue weighted by Gasteiger charge is -2.32. The highest BCUT2D eigenvalue weighted by Gasteiger charge is 2.17. The minimum absolute atomic E-state index is 0.208. The lowest BCUT2D eigenvalue weighted by atomic mass is 10.2. The largest absolute Gasteiger partial charge is 0.304 e. The average molecular weight is 316 g/mol. The fourth-order valence-corrected chi connectivity index (χ4v) is 2.14. The number of halogens is 2. The van der Waals surface area contributed by atoms with E-state index < -0.39 is 0 Å². The first kappa shape index (κ1) is 13.5. The predicted molar refractivity (Wildman–Crippen MR) is 70.6 cm³/mol. The summed E-state index contributed by atoms with van der Waals surface area (Å²) in [4.78, 5) is 14.2. The van der Waals surface area contributed by atoms with Gasteiger partial charge in [-0.3, -0.25) is 10.2 Å². The smallest absolute Gasteiger partial charge is 0.265 e. The minimum atomic E-state index is -0.369. The summed E-state index contributed by atoms with van der Waals surface area (Å²) < 4.78 is 13.4. The van der Waals surface area contributed by atoms with Crippen LogP contribution in [0.3, 0.4) is 0 Å². The van der Waals surface area contributed by atoms with Crippen LogP contribution in [-0.4, -0.2) is 49.0 Å². The lowest BCUT2D eigenvalue weighted by Crippen LogP contribution is -2.52. The molecule has 4 nitrogen and oxygen atoms in total. The van der Waals surface area contributed by atoms with Gasteiger partial charge in [0.2, 0.25) is 0 Å². The Balaban J connectivity index is 1.97. The summed E-state index contributed by atoms with van der Waals surface area (Å²) in [7, 11) is 2.05. The third-order valence-corrected chi connectivity index (χ3v) is 3.55. The van der Waals surface area contributed by atoms with Gasteiger partial charge in [0.05, 0.1) is 4.47 Å². The van der Waals surface area contributed by atoms with Crippen LogP contribution >= 0.6 is 15.9 Å². The van der Waals surface area contributed by atoms with E-state index in [1.54, 1.807) is 0 Å². The Morgan fingerprint density at radius 2 is 2.00 bits per heavy atom. The zero-order valence-electron chi connectivity index (χ0n) is 10.1. The fraction of sp³-hybridized carbons (Fsp3) is 0.417. The van der Waals surface area contributed by atoms with Crippen LogP contribution in [0.15, 0.2) is 22.7 Å². The summed E-state index contributed by atoms with van der Waals surface area (Å²) >= 11 is 3.07. The van der Waals surface area contributed by atoms with Gasteiger partial charge in [0.25, 0.3) is 5.91 Å². The molecule has 1 aliphatic heterocycles. The molecule has 1 aromatic rings. The molecule has 0 radical (unpaired) electrons. The van der Waals surface area contributed by atoms with Crippen LogP contribution in [0.5, 0.6) is 0 Å². The summed E-state index contributed by atoms with van der Waals surface area (Å²) in [5.41, 5.74) is 3.27. The standard InChI is InChI=1S/C12H15BrFN3O/c1-16-4-6-17(7-5-16)15-12(18)9-2-3-11(14)10(13)8-9/h2-3,8H,4-7H2,1H3,(H,15,18). The van der Waals surface area contributed by atoms with Crippen molar-refractivity contribution in [1.82, 2.24) is 15.3 Å². The van der Waals surface area contributed by atoms with E-state index in [0.29, 0.717) is 10.0 Å². The van der Waals surface area contributed by atoms with Crippen LogP contribution in [0.1, 0.15) is 10.4 Å². The Bertz CT molecular complexity index is 447. The Kier molecular flexibility index (Phi) is 4.31. The summed E-state index contributed by atoms with van der Waals surface area (Å²) in [6.07, 6.45) is 0. The summed E-state index contributed by atoms with van der Waals surface area (Å²) in [6.45, 7) is 3.44. The second-order valence-electron chi connectivity index (χ2n) is 4.36. The molecule has 0 atom stereocenters. The molecule has 6 heteroatoms. The van der Waals surface area contributed by atoms with Crippen LogP contribution in [0.2, 0.25) is 0 Å². The molecule has 1 fully saturated rings.